The third-order valence-electron chi connectivity index (χ3n) is 2.50. The maximum atomic E-state index is 13.2. The SMILES string of the molecule is CCOc1cc(F)ccc1NC(=O)c1cnccc1Cl. The van der Waals surface area contributed by atoms with Gasteiger partial charge in [0.25, 0.3) is 5.91 Å². The van der Waals surface area contributed by atoms with Crippen LogP contribution in [-0.2, 0) is 0 Å². The van der Waals surface area contributed by atoms with Crippen molar-refractivity contribution in [2.45, 2.75) is 6.92 Å². The lowest BCUT2D eigenvalue weighted by atomic mass is 10.2. The number of pyridine rings is 1. The molecule has 2 rings (SSSR count). The van der Waals surface area contributed by atoms with E-state index in [-0.39, 0.29) is 16.3 Å². The molecule has 0 unspecified atom stereocenters. The van der Waals surface area contributed by atoms with Crippen LogP contribution in [0.15, 0.2) is 36.7 Å². The molecule has 0 aliphatic heterocycles. The monoisotopic (exact) mass is 294 g/mol. The topological polar surface area (TPSA) is 51.2 Å². The normalized spacial score (nSPS) is 10.2. The van der Waals surface area contributed by atoms with Gasteiger partial charge in [-0.15, -0.1) is 0 Å². The summed E-state index contributed by atoms with van der Waals surface area (Å²) in [4.78, 5) is 15.9. The van der Waals surface area contributed by atoms with Gasteiger partial charge in [-0.05, 0) is 25.1 Å². The molecule has 6 heteroatoms. The lowest BCUT2D eigenvalue weighted by molar-refractivity contribution is 0.102. The molecule has 104 valence electrons. The third-order valence-corrected chi connectivity index (χ3v) is 2.83. The van der Waals surface area contributed by atoms with Gasteiger partial charge in [-0.2, -0.15) is 0 Å². The van der Waals surface area contributed by atoms with Gasteiger partial charge in [0.05, 0.1) is 22.9 Å². The van der Waals surface area contributed by atoms with E-state index in [0.29, 0.717) is 12.3 Å². The molecule has 0 saturated carbocycles. The third kappa shape index (κ3) is 3.24. The summed E-state index contributed by atoms with van der Waals surface area (Å²) in [7, 11) is 0. The average molecular weight is 295 g/mol. The van der Waals surface area contributed by atoms with Crippen molar-refractivity contribution in [3.05, 3.63) is 53.1 Å². The van der Waals surface area contributed by atoms with E-state index in [9.17, 15) is 9.18 Å². The number of ether oxygens (including phenoxy) is 1. The largest absolute Gasteiger partial charge is 0.492 e. The molecule has 0 bridgehead atoms. The number of hydrogen-bond acceptors (Lipinski definition) is 3. The van der Waals surface area contributed by atoms with Gasteiger partial charge in [-0.1, -0.05) is 11.6 Å². The first kappa shape index (κ1) is 14.3. The standard InChI is InChI=1S/C14H12ClFN2O2/c1-2-20-13-7-9(16)3-4-12(13)18-14(19)10-8-17-6-5-11(10)15/h3-8H,2H2,1H3,(H,18,19). The van der Waals surface area contributed by atoms with Crippen molar-refractivity contribution in [3.63, 3.8) is 0 Å². The van der Waals surface area contributed by atoms with Gasteiger partial charge in [-0.25, -0.2) is 4.39 Å². The van der Waals surface area contributed by atoms with Crippen LogP contribution in [0.4, 0.5) is 10.1 Å². The zero-order valence-corrected chi connectivity index (χ0v) is 11.4. The number of nitrogens with zero attached hydrogens (tertiary/aromatic N) is 1. The Labute approximate surface area is 120 Å². The van der Waals surface area contributed by atoms with Gasteiger partial charge < -0.3 is 10.1 Å². The molecule has 0 radical (unpaired) electrons. The van der Waals surface area contributed by atoms with Crippen molar-refractivity contribution in [2.24, 2.45) is 0 Å². The van der Waals surface area contributed by atoms with Gasteiger partial charge in [-0.3, -0.25) is 9.78 Å². The summed E-state index contributed by atoms with van der Waals surface area (Å²) in [5, 5.41) is 2.91. The van der Waals surface area contributed by atoms with Crippen molar-refractivity contribution < 1.29 is 13.9 Å². The number of hydrogen-bond donors (Lipinski definition) is 1. The van der Waals surface area contributed by atoms with Crippen LogP contribution < -0.4 is 10.1 Å². The van der Waals surface area contributed by atoms with Gasteiger partial charge >= 0.3 is 0 Å². The number of carbonyl (C=O) groups excluding carboxylic acids is 1. The molecule has 0 atom stereocenters. The van der Waals surface area contributed by atoms with Gasteiger partial charge in [0.1, 0.15) is 11.6 Å². The Kier molecular flexibility index (Phi) is 4.53. The Morgan fingerprint density at radius 2 is 2.25 bits per heavy atom. The van der Waals surface area contributed by atoms with Crippen molar-refractivity contribution in [2.75, 3.05) is 11.9 Å². The summed E-state index contributed by atoms with van der Waals surface area (Å²) in [5.41, 5.74) is 0.610. The molecule has 1 amide bonds. The Balaban J connectivity index is 2.26. The fourth-order valence-corrected chi connectivity index (χ4v) is 1.80. The lowest BCUT2D eigenvalue weighted by Gasteiger charge is -2.12. The van der Waals surface area contributed by atoms with E-state index >= 15 is 0 Å². The second kappa shape index (κ2) is 6.34. The molecule has 1 heterocycles. The number of nitrogens with one attached hydrogen (secondary N) is 1. The number of aromatic nitrogens is 1. The van der Waals surface area contributed by atoms with Crippen LogP contribution in [0.3, 0.4) is 0 Å². The first-order valence-corrected chi connectivity index (χ1v) is 6.33. The molecule has 1 N–H and O–H groups in total. The molecule has 0 spiro atoms. The van der Waals surface area contributed by atoms with Crippen LogP contribution in [0, 0.1) is 5.82 Å². The molecular weight excluding hydrogens is 283 g/mol. The summed E-state index contributed by atoms with van der Waals surface area (Å²) in [6, 6.07) is 5.40. The number of rotatable bonds is 4. The highest BCUT2D eigenvalue weighted by Gasteiger charge is 2.13. The Morgan fingerprint density at radius 3 is 2.95 bits per heavy atom. The van der Waals surface area contributed by atoms with Crippen LogP contribution in [-0.4, -0.2) is 17.5 Å². The highest BCUT2D eigenvalue weighted by molar-refractivity contribution is 6.34. The molecule has 20 heavy (non-hydrogen) atoms. The van der Waals surface area contributed by atoms with E-state index in [1.807, 2.05) is 0 Å². The maximum absolute atomic E-state index is 13.2. The molecule has 0 aliphatic rings. The van der Waals surface area contributed by atoms with Crippen LogP contribution in [0.25, 0.3) is 0 Å². The molecule has 2 aromatic rings. The van der Waals surface area contributed by atoms with Crippen molar-refractivity contribution >= 4 is 23.2 Å². The maximum Gasteiger partial charge on any atom is 0.258 e. The summed E-state index contributed by atoms with van der Waals surface area (Å²) >= 11 is 5.92. The molecular formula is C14H12ClFN2O2. The first-order valence-electron chi connectivity index (χ1n) is 5.95. The summed E-state index contributed by atoms with van der Waals surface area (Å²) in [6.07, 6.45) is 2.85. The average Bonchev–Trinajstić information content (AvgIpc) is 2.42. The van der Waals surface area contributed by atoms with E-state index in [1.54, 1.807) is 6.92 Å². The van der Waals surface area contributed by atoms with E-state index in [4.69, 9.17) is 16.3 Å². The Bertz CT molecular complexity index is 634. The van der Waals surface area contributed by atoms with Crippen LogP contribution >= 0.6 is 11.6 Å². The lowest BCUT2D eigenvalue weighted by Crippen LogP contribution is -2.14. The highest BCUT2D eigenvalue weighted by Crippen LogP contribution is 2.26. The van der Waals surface area contributed by atoms with Crippen LogP contribution in [0.5, 0.6) is 5.75 Å². The fourth-order valence-electron chi connectivity index (χ4n) is 1.61. The van der Waals surface area contributed by atoms with Crippen LogP contribution in [0.2, 0.25) is 5.02 Å². The van der Waals surface area contributed by atoms with Crippen molar-refractivity contribution in [1.29, 1.82) is 0 Å². The minimum atomic E-state index is -0.439. The Hall–Kier alpha value is -2.14. The zero-order valence-electron chi connectivity index (χ0n) is 10.7. The van der Waals surface area contributed by atoms with Crippen molar-refractivity contribution in [3.8, 4) is 5.75 Å². The quantitative estimate of drug-likeness (QED) is 0.938. The number of amides is 1. The minimum Gasteiger partial charge on any atom is -0.492 e. The summed E-state index contributed by atoms with van der Waals surface area (Å²) in [6.45, 7) is 2.13. The van der Waals surface area contributed by atoms with E-state index in [0.717, 1.165) is 0 Å². The second-order valence-electron chi connectivity index (χ2n) is 3.88. The minimum absolute atomic E-state index is 0.237. The molecule has 0 saturated heterocycles. The molecule has 1 aromatic heterocycles. The van der Waals surface area contributed by atoms with E-state index < -0.39 is 11.7 Å². The molecule has 1 aromatic carbocycles. The predicted octanol–water partition coefficient (Wildman–Crippen LogP) is 3.53. The van der Waals surface area contributed by atoms with Gasteiger partial charge in [0.15, 0.2) is 0 Å². The smallest absolute Gasteiger partial charge is 0.258 e. The fraction of sp³-hybridized carbons (Fsp3) is 0.143. The second-order valence-corrected chi connectivity index (χ2v) is 4.29. The first-order chi connectivity index (χ1) is 9.61. The number of carbonyl (C=O) groups is 1. The van der Waals surface area contributed by atoms with Crippen LogP contribution in [0.1, 0.15) is 17.3 Å². The number of anilines is 1. The molecule has 0 aliphatic carbocycles. The Morgan fingerprint density at radius 1 is 1.45 bits per heavy atom. The van der Waals surface area contributed by atoms with E-state index in [2.05, 4.69) is 10.3 Å². The van der Waals surface area contributed by atoms with E-state index in [1.165, 1.54) is 36.7 Å². The number of benzene rings is 1. The van der Waals surface area contributed by atoms with Gasteiger partial charge in [0, 0.05) is 18.5 Å². The molecule has 4 nitrogen and oxygen atoms in total. The number of halogens is 2. The summed E-state index contributed by atoms with van der Waals surface area (Å²) in [5.74, 6) is -0.609. The predicted molar refractivity (Wildman–Crippen MR) is 74.8 cm³/mol. The van der Waals surface area contributed by atoms with Crippen molar-refractivity contribution in [1.82, 2.24) is 4.98 Å². The zero-order chi connectivity index (χ0) is 14.5. The summed E-state index contributed by atoms with van der Waals surface area (Å²) < 4.78 is 18.5. The highest BCUT2D eigenvalue weighted by atomic mass is 35.5. The van der Waals surface area contributed by atoms with Gasteiger partial charge in [0.2, 0.25) is 0 Å². The molecule has 0 fully saturated rings.